The zero-order valence-electron chi connectivity index (χ0n) is 14.2. The number of ether oxygens (including phenoxy) is 1. The zero-order chi connectivity index (χ0) is 18.1. The summed E-state index contributed by atoms with van der Waals surface area (Å²) in [6.07, 6.45) is 5.36. The molecule has 25 heavy (non-hydrogen) atoms. The minimum Gasteiger partial charge on any atom is -0.494 e. The van der Waals surface area contributed by atoms with Crippen LogP contribution in [-0.2, 0) is 9.59 Å². The minimum absolute atomic E-state index is 0.0785. The maximum atomic E-state index is 12.9. The molecule has 0 radical (unpaired) electrons. The number of hydrogen-bond donors (Lipinski definition) is 1. The van der Waals surface area contributed by atoms with Crippen molar-refractivity contribution in [1.29, 1.82) is 0 Å². The van der Waals surface area contributed by atoms with E-state index in [1.54, 1.807) is 19.1 Å². The van der Waals surface area contributed by atoms with Crippen molar-refractivity contribution in [2.75, 3.05) is 12.0 Å². The van der Waals surface area contributed by atoms with Crippen molar-refractivity contribution in [3.63, 3.8) is 0 Å². The Morgan fingerprint density at radius 2 is 1.80 bits per heavy atom. The summed E-state index contributed by atoms with van der Waals surface area (Å²) >= 11 is 12.3. The van der Waals surface area contributed by atoms with E-state index in [1.165, 1.54) is 13.5 Å². The maximum Gasteiger partial charge on any atom is 0.283 e. The van der Waals surface area contributed by atoms with Crippen molar-refractivity contribution in [2.45, 2.75) is 45.1 Å². The van der Waals surface area contributed by atoms with E-state index in [2.05, 4.69) is 5.32 Å². The van der Waals surface area contributed by atoms with Gasteiger partial charge in [-0.25, -0.2) is 4.90 Å². The average molecular weight is 383 g/mol. The first-order valence-electron chi connectivity index (χ1n) is 8.33. The summed E-state index contributed by atoms with van der Waals surface area (Å²) in [5, 5.41) is 3.60. The Balaban J connectivity index is 1.92. The number of nitrogens with zero attached hydrogens (tertiary/aromatic N) is 1. The van der Waals surface area contributed by atoms with Crippen molar-refractivity contribution in [2.24, 2.45) is 0 Å². The summed E-state index contributed by atoms with van der Waals surface area (Å²) in [5.74, 6) is -0.661. The lowest BCUT2D eigenvalue weighted by Crippen LogP contribution is -2.37. The molecule has 0 saturated heterocycles. The Morgan fingerprint density at radius 1 is 1.12 bits per heavy atom. The zero-order valence-corrected chi connectivity index (χ0v) is 15.7. The summed E-state index contributed by atoms with van der Waals surface area (Å²) in [7, 11) is 1.46. The molecule has 1 N–H and O–H groups in total. The highest BCUT2D eigenvalue weighted by Crippen LogP contribution is 2.38. The molecular formula is C18H20Cl2N2O3. The van der Waals surface area contributed by atoms with Gasteiger partial charge in [0.2, 0.25) is 0 Å². The van der Waals surface area contributed by atoms with Gasteiger partial charge in [-0.15, -0.1) is 0 Å². The summed E-state index contributed by atoms with van der Waals surface area (Å²) in [6.45, 7) is 1.80. The van der Waals surface area contributed by atoms with E-state index in [1.807, 2.05) is 0 Å². The Bertz CT molecular complexity index is 755. The minimum atomic E-state index is -0.551. The van der Waals surface area contributed by atoms with E-state index >= 15 is 0 Å². The molecule has 3 rings (SSSR count). The van der Waals surface area contributed by atoms with Crippen LogP contribution in [0.15, 0.2) is 22.9 Å². The summed E-state index contributed by atoms with van der Waals surface area (Å²) < 4.78 is 5.30. The molecular weight excluding hydrogens is 363 g/mol. The van der Waals surface area contributed by atoms with E-state index in [0.717, 1.165) is 36.1 Å². The predicted octanol–water partition coefficient (Wildman–Crippen LogP) is 3.90. The lowest BCUT2D eigenvalue weighted by Gasteiger charge is -2.24. The molecule has 0 unspecified atom stereocenters. The van der Waals surface area contributed by atoms with Crippen LogP contribution in [0.2, 0.25) is 5.02 Å². The highest BCUT2D eigenvalue weighted by atomic mass is 35.5. The van der Waals surface area contributed by atoms with Crippen LogP contribution in [0.25, 0.3) is 0 Å². The number of hydrogen-bond acceptors (Lipinski definition) is 4. The Labute approximate surface area is 156 Å². The molecule has 0 bridgehead atoms. The van der Waals surface area contributed by atoms with E-state index in [0.29, 0.717) is 16.5 Å². The van der Waals surface area contributed by atoms with E-state index in [4.69, 9.17) is 27.9 Å². The molecule has 134 valence electrons. The normalized spacial score (nSPS) is 19.0. The third-order valence-corrected chi connectivity index (χ3v) is 5.44. The lowest BCUT2D eigenvalue weighted by molar-refractivity contribution is -0.120. The number of aryl methyl sites for hydroxylation is 1. The highest BCUT2D eigenvalue weighted by Gasteiger charge is 2.41. The number of amides is 2. The monoisotopic (exact) mass is 382 g/mol. The van der Waals surface area contributed by atoms with Crippen LogP contribution in [0.4, 0.5) is 5.69 Å². The van der Waals surface area contributed by atoms with Crippen molar-refractivity contribution >= 4 is 40.7 Å². The molecule has 5 nitrogen and oxygen atoms in total. The van der Waals surface area contributed by atoms with Crippen LogP contribution in [0.3, 0.4) is 0 Å². The van der Waals surface area contributed by atoms with Gasteiger partial charge in [-0.2, -0.15) is 0 Å². The van der Waals surface area contributed by atoms with Gasteiger partial charge in [0.1, 0.15) is 16.5 Å². The number of anilines is 1. The maximum absolute atomic E-state index is 12.9. The smallest absolute Gasteiger partial charge is 0.283 e. The van der Waals surface area contributed by atoms with Crippen molar-refractivity contribution in [3.8, 4) is 5.75 Å². The van der Waals surface area contributed by atoms with Crippen molar-refractivity contribution in [3.05, 3.63) is 33.4 Å². The van der Waals surface area contributed by atoms with Crippen LogP contribution in [0, 0.1) is 6.92 Å². The number of carbonyl (C=O) groups is 2. The number of nitrogens with one attached hydrogen (secondary N) is 1. The number of methoxy groups -OCH3 is 1. The SMILES string of the molecule is COc1cc(Cl)c(C)cc1N1C(=O)C(Cl)=C(NC2CCCCC2)C1=O. The number of carbonyl (C=O) groups excluding carboxylic acids is 2. The summed E-state index contributed by atoms with van der Waals surface area (Å²) in [5.41, 5.74) is 1.26. The fourth-order valence-electron chi connectivity index (χ4n) is 3.28. The van der Waals surface area contributed by atoms with Crippen LogP contribution in [0.1, 0.15) is 37.7 Å². The van der Waals surface area contributed by atoms with Crippen molar-refractivity contribution < 1.29 is 14.3 Å². The Morgan fingerprint density at radius 3 is 2.44 bits per heavy atom. The quantitative estimate of drug-likeness (QED) is 0.802. The molecule has 0 aromatic heterocycles. The molecule has 1 heterocycles. The van der Waals surface area contributed by atoms with Crippen molar-refractivity contribution in [1.82, 2.24) is 5.32 Å². The molecule has 1 aliphatic heterocycles. The third kappa shape index (κ3) is 3.35. The molecule has 1 aliphatic carbocycles. The van der Waals surface area contributed by atoms with E-state index < -0.39 is 11.8 Å². The Hall–Kier alpha value is -1.72. The molecule has 2 aliphatic rings. The van der Waals surface area contributed by atoms with Gasteiger partial charge in [0.15, 0.2) is 0 Å². The summed E-state index contributed by atoms with van der Waals surface area (Å²) in [6, 6.07) is 3.42. The van der Waals surface area contributed by atoms with Crippen LogP contribution in [-0.4, -0.2) is 25.0 Å². The predicted molar refractivity (Wildman–Crippen MR) is 98.1 cm³/mol. The van der Waals surface area contributed by atoms with Crippen LogP contribution >= 0.6 is 23.2 Å². The van der Waals surface area contributed by atoms with Crippen LogP contribution < -0.4 is 15.0 Å². The van der Waals surface area contributed by atoms with Gasteiger partial charge in [0.05, 0.1) is 12.8 Å². The largest absolute Gasteiger partial charge is 0.494 e. The standard InChI is InChI=1S/C18H20Cl2N2O3/c1-10-8-13(14(25-2)9-12(10)19)22-17(23)15(20)16(18(22)24)21-11-6-4-3-5-7-11/h8-9,11,21H,3-7H2,1-2H3. The van der Waals surface area contributed by atoms with Crippen LogP contribution in [0.5, 0.6) is 5.75 Å². The molecule has 1 aromatic carbocycles. The van der Waals surface area contributed by atoms with E-state index in [9.17, 15) is 9.59 Å². The molecule has 2 amide bonds. The second-order valence-corrected chi connectivity index (χ2v) is 7.17. The van der Waals surface area contributed by atoms with Gasteiger partial charge in [-0.3, -0.25) is 9.59 Å². The second kappa shape index (κ2) is 7.26. The second-order valence-electron chi connectivity index (χ2n) is 6.39. The lowest BCUT2D eigenvalue weighted by atomic mass is 9.95. The molecule has 0 spiro atoms. The first-order valence-corrected chi connectivity index (χ1v) is 9.09. The summed E-state index contributed by atoms with van der Waals surface area (Å²) in [4.78, 5) is 26.5. The van der Waals surface area contributed by atoms with Gasteiger partial charge < -0.3 is 10.1 Å². The van der Waals surface area contributed by atoms with Gasteiger partial charge in [0.25, 0.3) is 11.8 Å². The first kappa shape index (κ1) is 18.1. The molecule has 7 heteroatoms. The number of halogens is 2. The highest BCUT2D eigenvalue weighted by molar-refractivity contribution is 6.52. The van der Waals surface area contributed by atoms with Gasteiger partial charge >= 0.3 is 0 Å². The number of rotatable bonds is 4. The molecule has 1 saturated carbocycles. The third-order valence-electron chi connectivity index (χ3n) is 4.68. The molecule has 0 atom stereocenters. The molecule has 1 aromatic rings. The average Bonchev–Trinajstić information content (AvgIpc) is 2.81. The number of benzene rings is 1. The van der Waals surface area contributed by atoms with Gasteiger partial charge in [-0.1, -0.05) is 42.5 Å². The van der Waals surface area contributed by atoms with Gasteiger partial charge in [0, 0.05) is 17.1 Å². The topological polar surface area (TPSA) is 58.6 Å². The Kier molecular flexibility index (Phi) is 5.25. The first-order chi connectivity index (χ1) is 11.9. The van der Waals surface area contributed by atoms with Gasteiger partial charge in [-0.05, 0) is 31.4 Å². The molecule has 1 fully saturated rings. The van der Waals surface area contributed by atoms with E-state index in [-0.39, 0.29) is 16.8 Å². The number of imide groups is 1. The fourth-order valence-corrected chi connectivity index (χ4v) is 3.66. The fraction of sp³-hybridized carbons (Fsp3) is 0.444.